The van der Waals surface area contributed by atoms with Crippen LogP contribution in [0.1, 0.15) is 5.56 Å². The summed E-state index contributed by atoms with van der Waals surface area (Å²) in [6, 6.07) is 10.3. The Balaban J connectivity index is 1.79. The Morgan fingerprint density at radius 1 is 1.19 bits per heavy atom. The van der Waals surface area contributed by atoms with E-state index in [0.717, 1.165) is 39.2 Å². The van der Waals surface area contributed by atoms with Crippen LogP contribution < -0.4 is 0 Å². The van der Waals surface area contributed by atoms with E-state index in [9.17, 15) is 4.39 Å². The second-order valence-electron chi connectivity index (χ2n) is 5.48. The molecule has 0 radical (unpaired) electrons. The molecule has 3 heterocycles. The largest absolute Gasteiger partial charge is 0.443 e. The third-order valence-electron chi connectivity index (χ3n) is 3.81. The molecule has 0 amide bonds. The van der Waals surface area contributed by atoms with Crippen molar-refractivity contribution < 1.29 is 18.0 Å². The number of fused-ring (bicyclic) bond motifs is 1. The summed E-state index contributed by atoms with van der Waals surface area (Å²) in [5, 5.41) is 0.907. The molecule has 0 aliphatic heterocycles. The fraction of sp³-hybridized carbons (Fsp3) is 0.111. The highest BCUT2D eigenvalue weighted by atomic mass is 32.2. The molecule has 3 aromatic heterocycles. The normalized spacial score (nSPS) is 11.3. The van der Waals surface area contributed by atoms with Gasteiger partial charge in [0.05, 0.1) is 30.2 Å². The number of hydrogen-bond donors (Lipinski definition) is 0. The van der Waals surface area contributed by atoms with Gasteiger partial charge in [-0.2, -0.15) is 4.33 Å². The molecular weight excluding hydrogens is 357 g/mol. The van der Waals surface area contributed by atoms with E-state index in [1.165, 1.54) is 25.5 Å². The van der Waals surface area contributed by atoms with Crippen LogP contribution in [0.4, 0.5) is 4.39 Å². The Hall–Kier alpha value is -2.68. The van der Waals surface area contributed by atoms with Crippen LogP contribution in [0.3, 0.4) is 0 Å². The first-order chi connectivity index (χ1) is 12.7. The number of nitrogens with zero attached hydrogens (tertiary/aromatic N) is 3. The van der Waals surface area contributed by atoms with Gasteiger partial charge in [0.2, 0.25) is 5.89 Å². The van der Waals surface area contributed by atoms with Crippen LogP contribution in [0.5, 0.6) is 0 Å². The topological polar surface area (TPSA) is 62.3 Å². The maximum Gasteiger partial charge on any atom is 0.243 e. The van der Waals surface area contributed by atoms with Crippen molar-refractivity contribution in [2.75, 3.05) is 7.11 Å². The molecule has 132 valence electrons. The van der Waals surface area contributed by atoms with Gasteiger partial charge in [-0.05, 0) is 29.8 Å². The van der Waals surface area contributed by atoms with Crippen LogP contribution in [0.25, 0.3) is 22.6 Å². The van der Waals surface area contributed by atoms with Crippen molar-refractivity contribution in [2.45, 2.75) is 11.4 Å². The highest BCUT2D eigenvalue weighted by molar-refractivity contribution is 7.94. The third kappa shape index (κ3) is 3.34. The molecule has 8 heteroatoms. The fourth-order valence-corrected chi connectivity index (χ4v) is 3.12. The average Bonchev–Trinajstić information content (AvgIpc) is 3.30. The number of hydrogen-bond acceptors (Lipinski definition) is 6. The van der Waals surface area contributed by atoms with Crippen LogP contribution >= 0.6 is 12.0 Å². The summed E-state index contributed by atoms with van der Waals surface area (Å²) >= 11 is 1.08. The van der Waals surface area contributed by atoms with Gasteiger partial charge in [-0.25, -0.2) is 19.2 Å². The SMILES string of the molecule is COOSc1cnc2c(c1)cc(-c1ncco1)n2Cc1ccc(F)cc1. The monoisotopic (exact) mass is 371 g/mol. The number of oxazole rings is 1. The zero-order chi connectivity index (χ0) is 17.9. The van der Waals surface area contributed by atoms with Gasteiger partial charge >= 0.3 is 0 Å². The van der Waals surface area contributed by atoms with Crippen LogP contribution in [0, 0.1) is 5.82 Å². The van der Waals surface area contributed by atoms with Gasteiger partial charge in [0.1, 0.15) is 23.4 Å². The summed E-state index contributed by atoms with van der Waals surface area (Å²) < 4.78 is 25.5. The Morgan fingerprint density at radius 2 is 2.04 bits per heavy atom. The maximum atomic E-state index is 13.2. The zero-order valence-corrected chi connectivity index (χ0v) is 14.6. The van der Waals surface area contributed by atoms with E-state index >= 15 is 0 Å². The Kier molecular flexibility index (Phi) is 4.70. The first-order valence-corrected chi connectivity index (χ1v) is 8.49. The number of halogens is 1. The van der Waals surface area contributed by atoms with Crippen molar-refractivity contribution >= 4 is 23.1 Å². The fourth-order valence-electron chi connectivity index (χ4n) is 2.70. The summed E-state index contributed by atoms with van der Waals surface area (Å²) in [7, 11) is 1.44. The average molecular weight is 371 g/mol. The van der Waals surface area contributed by atoms with Gasteiger partial charge in [-0.15, -0.1) is 0 Å². The summed E-state index contributed by atoms with van der Waals surface area (Å²) in [6.07, 6.45) is 4.82. The van der Waals surface area contributed by atoms with E-state index in [4.69, 9.17) is 8.75 Å². The quantitative estimate of drug-likeness (QED) is 0.283. The molecule has 4 aromatic rings. The van der Waals surface area contributed by atoms with Crippen molar-refractivity contribution in [3.63, 3.8) is 0 Å². The van der Waals surface area contributed by atoms with Gasteiger partial charge in [-0.1, -0.05) is 12.1 Å². The molecule has 0 N–H and O–H groups in total. The standard InChI is InChI=1S/C18H14FN3O3S/c1-23-25-26-15-8-13-9-16(18-20-6-7-24-18)22(17(13)21-10-15)11-12-2-4-14(19)5-3-12/h2-10H,11H2,1H3. The van der Waals surface area contributed by atoms with E-state index in [2.05, 4.69) is 14.9 Å². The van der Waals surface area contributed by atoms with Crippen LogP contribution in [-0.4, -0.2) is 21.6 Å². The number of aromatic nitrogens is 3. The molecule has 0 saturated carbocycles. The minimum Gasteiger partial charge on any atom is -0.443 e. The predicted molar refractivity (Wildman–Crippen MR) is 94.7 cm³/mol. The number of pyridine rings is 1. The van der Waals surface area contributed by atoms with E-state index in [0.29, 0.717) is 12.4 Å². The maximum absolute atomic E-state index is 13.2. The van der Waals surface area contributed by atoms with E-state index in [-0.39, 0.29) is 5.82 Å². The molecule has 0 spiro atoms. The molecule has 0 aliphatic carbocycles. The van der Waals surface area contributed by atoms with E-state index in [1.54, 1.807) is 24.5 Å². The Morgan fingerprint density at radius 3 is 2.77 bits per heavy atom. The second-order valence-corrected chi connectivity index (χ2v) is 6.26. The molecule has 0 aliphatic rings. The summed E-state index contributed by atoms with van der Waals surface area (Å²) in [6.45, 7) is 0.509. The van der Waals surface area contributed by atoms with Gasteiger partial charge in [0, 0.05) is 18.1 Å². The highest BCUT2D eigenvalue weighted by Crippen LogP contribution is 2.30. The molecule has 0 unspecified atom stereocenters. The van der Waals surface area contributed by atoms with Gasteiger partial charge < -0.3 is 8.98 Å². The first kappa shape index (κ1) is 16.8. The third-order valence-corrected chi connectivity index (χ3v) is 4.43. The summed E-state index contributed by atoms with van der Waals surface area (Å²) in [5.41, 5.74) is 2.50. The molecule has 1 aromatic carbocycles. The van der Waals surface area contributed by atoms with Crippen molar-refractivity contribution in [1.29, 1.82) is 0 Å². The van der Waals surface area contributed by atoms with Gasteiger partial charge in [-0.3, -0.25) is 0 Å². The minimum absolute atomic E-state index is 0.267. The van der Waals surface area contributed by atoms with Crippen LogP contribution in [0.2, 0.25) is 0 Å². The van der Waals surface area contributed by atoms with E-state index in [1.807, 2.05) is 16.7 Å². The first-order valence-electron chi connectivity index (χ1n) is 7.75. The molecule has 4 rings (SSSR count). The van der Waals surface area contributed by atoms with Crippen LogP contribution in [0.15, 0.2) is 64.4 Å². The van der Waals surface area contributed by atoms with Crippen molar-refractivity contribution in [3.8, 4) is 11.6 Å². The lowest BCUT2D eigenvalue weighted by atomic mass is 10.2. The van der Waals surface area contributed by atoms with E-state index < -0.39 is 0 Å². The molecule has 0 saturated heterocycles. The Labute approximate surface area is 152 Å². The summed E-state index contributed by atoms with van der Waals surface area (Å²) in [4.78, 5) is 14.2. The second kappa shape index (κ2) is 7.28. The zero-order valence-electron chi connectivity index (χ0n) is 13.8. The minimum atomic E-state index is -0.267. The predicted octanol–water partition coefficient (Wildman–Crippen LogP) is 4.46. The Bertz CT molecular complexity index is 1020. The molecule has 0 atom stereocenters. The smallest absolute Gasteiger partial charge is 0.243 e. The molecular formula is C18H14FN3O3S. The molecule has 26 heavy (non-hydrogen) atoms. The van der Waals surface area contributed by atoms with Crippen molar-refractivity contribution in [2.24, 2.45) is 0 Å². The van der Waals surface area contributed by atoms with Crippen molar-refractivity contribution in [1.82, 2.24) is 14.5 Å². The number of benzene rings is 1. The molecule has 0 bridgehead atoms. The van der Waals surface area contributed by atoms with Crippen molar-refractivity contribution in [3.05, 3.63) is 66.4 Å². The molecule has 0 fully saturated rings. The molecule has 6 nitrogen and oxygen atoms in total. The lowest BCUT2D eigenvalue weighted by molar-refractivity contribution is -0.160. The van der Waals surface area contributed by atoms with Crippen LogP contribution in [-0.2, 0) is 15.8 Å². The lowest BCUT2D eigenvalue weighted by Gasteiger charge is -2.09. The van der Waals surface area contributed by atoms with Gasteiger partial charge in [0.25, 0.3) is 0 Å². The lowest BCUT2D eigenvalue weighted by Crippen LogP contribution is -2.03. The summed E-state index contributed by atoms with van der Waals surface area (Å²) in [5.74, 6) is 0.226. The van der Waals surface area contributed by atoms with Gasteiger partial charge in [0.15, 0.2) is 0 Å². The number of rotatable bonds is 6. The highest BCUT2D eigenvalue weighted by Gasteiger charge is 2.16.